The largest absolute Gasteiger partial charge is 0.756 e. The number of quaternary nitrogens is 1. The maximum absolute atomic E-state index is 12.4. The summed E-state index contributed by atoms with van der Waals surface area (Å²) in [7, 11) is 1.33. The molecule has 0 spiro atoms. The number of hydrogen-bond donors (Lipinski definition) is 0. The summed E-state index contributed by atoms with van der Waals surface area (Å²) in [4.78, 5) is 24.8. The van der Waals surface area contributed by atoms with E-state index in [9.17, 15) is 14.3 Å². The molecule has 310 valence electrons. The Balaban J connectivity index is 4.38. The zero-order chi connectivity index (χ0) is 39.1. The van der Waals surface area contributed by atoms with Crippen LogP contribution in [0.3, 0.4) is 0 Å². The van der Waals surface area contributed by atoms with Crippen molar-refractivity contribution in [1.29, 1.82) is 0 Å². The summed E-state index contributed by atoms with van der Waals surface area (Å²) < 4.78 is 34.3. The first-order valence-corrected chi connectivity index (χ1v) is 22.9. The van der Waals surface area contributed by atoms with E-state index in [1.165, 1.54) is 116 Å². The van der Waals surface area contributed by atoms with Crippen molar-refractivity contribution in [2.45, 2.75) is 180 Å². The molecule has 0 aliphatic heterocycles. The lowest BCUT2D eigenvalue weighted by Gasteiger charge is -2.28. The zero-order valence-electron chi connectivity index (χ0n) is 35.0. The minimum Gasteiger partial charge on any atom is -0.756 e. The number of rotatable bonds is 39. The molecule has 53 heavy (non-hydrogen) atoms. The molecule has 0 aliphatic rings. The molecule has 0 aromatic heterocycles. The van der Waals surface area contributed by atoms with Crippen LogP contribution in [0.1, 0.15) is 174 Å². The molecule has 9 heteroatoms. The molecule has 0 saturated carbocycles. The molecular formula is C44H82NO7P. The summed E-state index contributed by atoms with van der Waals surface area (Å²) >= 11 is 0. The molecule has 0 N–H and O–H groups in total. The lowest BCUT2D eigenvalue weighted by molar-refractivity contribution is -0.870. The van der Waals surface area contributed by atoms with Crippen LogP contribution in [0.15, 0.2) is 48.8 Å². The van der Waals surface area contributed by atoms with Crippen LogP contribution >= 0.6 is 7.82 Å². The smallest absolute Gasteiger partial charge is 0.305 e. The lowest BCUT2D eigenvalue weighted by atomic mass is 10.0. The van der Waals surface area contributed by atoms with E-state index in [1.54, 1.807) is 6.26 Å². The monoisotopic (exact) mass is 768 g/mol. The molecule has 2 atom stereocenters. The van der Waals surface area contributed by atoms with Crippen molar-refractivity contribution >= 4 is 13.8 Å². The van der Waals surface area contributed by atoms with E-state index < -0.39 is 13.9 Å². The van der Waals surface area contributed by atoms with E-state index in [0.29, 0.717) is 17.4 Å². The maximum atomic E-state index is 12.4. The average Bonchev–Trinajstić information content (AvgIpc) is 3.11. The lowest BCUT2D eigenvalue weighted by Crippen LogP contribution is -2.37. The molecule has 0 fully saturated rings. The van der Waals surface area contributed by atoms with Gasteiger partial charge in [0.05, 0.1) is 34.0 Å². The number of unbranched alkanes of at least 4 members (excludes halogenated alkanes) is 19. The standard InChI is InChI=1S/C44H82NO7P/c1-6-8-10-12-14-16-18-20-22-23-24-25-27-29-31-33-35-37-44(46)50-41-43(42-52-53(47,48)51-40-38-45(3,4)5)49-39-36-34-32-30-28-26-21-19-17-15-13-11-9-7-2/h20,22,24-25,29,31,36,39,43H,6-19,21,23,26-28,30,32-35,37-38,40-42H2,1-5H3/b22-20-,25-24-,31-29-,39-36-. The Bertz CT molecular complexity index is 989. The number of hydrogen-bond acceptors (Lipinski definition) is 7. The van der Waals surface area contributed by atoms with E-state index in [4.69, 9.17) is 18.5 Å². The highest BCUT2D eigenvalue weighted by atomic mass is 31.2. The molecular weight excluding hydrogens is 685 g/mol. The van der Waals surface area contributed by atoms with Crippen molar-refractivity contribution < 1.29 is 37.3 Å². The minimum absolute atomic E-state index is 0.0190. The summed E-state index contributed by atoms with van der Waals surface area (Å²) in [6, 6.07) is 0. The van der Waals surface area contributed by atoms with E-state index >= 15 is 0 Å². The molecule has 0 aromatic carbocycles. The first-order valence-electron chi connectivity index (χ1n) is 21.4. The van der Waals surface area contributed by atoms with Crippen LogP contribution in [0.2, 0.25) is 0 Å². The Kier molecular flexibility index (Phi) is 36.0. The number of phosphoric acid groups is 1. The SMILES string of the molecule is CCCCCCCC/C=C\C/C=C\C/C=C\CCCC(=O)OCC(COP(=O)([O-])OCC[N+](C)(C)C)O/C=C\CCCCCCCCCCCCCC. The Morgan fingerprint density at radius 3 is 1.57 bits per heavy atom. The summed E-state index contributed by atoms with van der Waals surface area (Å²) in [6.45, 7) is 4.64. The Morgan fingerprint density at radius 2 is 1.06 bits per heavy atom. The van der Waals surface area contributed by atoms with E-state index in [-0.39, 0.29) is 32.2 Å². The van der Waals surface area contributed by atoms with Gasteiger partial charge in [-0.05, 0) is 57.4 Å². The second kappa shape index (κ2) is 37.2. The van der Waals surface area contributed by atoms with Gasteiger partial charge in [-0.2, -0.15) is 0 Å². The number of esters is 1. The highest BCUT2D eigenvalue weighted by Crippen LogP contribution is 2.38. The van der Waals surface area contributed by atoms with Crippen molar-refractivity contribution in [2.24, 2.45) is 0 Å². The van der Waals surface area contributed by atoms with E-state index in [1.807, 2.05) is 27.2 Å². The fraction of sp³-hybridized carbons (Fsp3) is 0.795. The summed E-state index contributed by atoms with van der Waals surface area (Å²) in [5.74, 6) is -0.343. The number of ether oxygens (including phenoxy) is 2. The van der Waals surface area contributed by atoms with Gasteiger partial charge in [-0.25, -0.2) is 0 Å². The molecule has 0 aliphatic carbocycles. The van der Waals surface area contributed by atoms with Crippen molar-refractivity contribution in [3.8, 4) is 0 Å². The molecule has 0 radical (unpaired) electrons. The van der Waals surface area contributed by atoms with Gasteiger partial charge >= 0.3 is 5.97 Å². The fourth-order valence-corrected chi connectivity index (χ4v) is 6.27. The quantitative estimate of drug-likeness (QED) is 0.0153. The Hall–Kier alpha value is -1.70. The molecule has 0 bridgehead atoms. The topological polar surface area (TPSA) is 94.1 Å². The normalized spacial score (nSPS) is 14.2. The third kappa shape index (κ3) is 41.3. The predicted octanol–water partition coefficient (Wildman–Crippen LogP) is 12.1. The fourth-order valence-electron chi connectivity index (χ4n) is 5.55. The number of carbonyl (C=O) groups excluding carboxylic acids is 1. The van der Waals surface area contributed by atoms with Crippen LogP contribution in [-0.2, 0) is 27.9 Å². The Labute approximate surface area is 327 Å². The Morgan fingerprint density at radius 1 is 0.604 bits per heavy atom. The van der Waals surface area contributed by atoms with Gasteiger partial charge < -0.3 is 27.9 Å². The molecule has 0 aromatic rings. The molecule has 0 rings (SSSR count). The van der Waals surface area contributed by atoms with Gasteiger partial charge in [0.25, 0.3) is 7.82 Å². The average molecular weight is 768 g/mol. The second-order valence-electron chi connectivity index (χ2n) is 15.4. The molecule has 0 amide bonds. The van der Waals surface area contributed by atoms with Crippen LogP contribution in [0.5, 0.6) is 0 Å². The number of likely N-dealkylation sites (N-methyl/N-ethyl adjacent to an activating group) is 1. The van der Waals surface area contributed by atoms with Crippen molar-refractivity contribution in [1.82, 2.24) is 0 Å². The van der Waals surface area contributed by atoms with Crippen LogP contribution in [0.4, 0.5) is 0 Å². The van der Waals surface area contributed by atoms with Crippen molar-refractivity contribution in [3.63, 3.8) is 0 Å². The number of carbonyl (C=O) groups is 1. The first-order chi connectivity index (χ1) is 25.6. The predicted molar refractivity (Wildman–Crippen MR) is 222 cm³/mol. The summed E-state index contributed by atoms with van der Waals surface area (Å²) in [5, 5.41) is 0. The van der Waals surface area contributed by atoms with Crippen LogP contribution in [-0.4, -0.2) is 64.1 Å². The molecule has 0 heterocycles. The third-order valence-electron chi connectivity index (χ3n) is 8.97. The summed E-state index contributed by atoms with van der Waals surface area (Å²) in [6.07, 6.45) is 45.1. The van der Waals surface area contributed by atoms with Gasteiger partial charge in [-0.1, -0.05) is 153 Å². The number of allylic oxidation sites excluding steroid dienone is 7. The van der Waals surface area contributed by atoms with Crippen molar-refractivity contribution in [3.05, 3.63) is 48.8 Å². The van der Waals surface area contributed by atoms with Crippen LogP contribution < -0.4 is 4.89 Å². The molecule has 8 nitrogen and oxygen atoms in total. The highest BCUT2D eigenvalue weighted by Gasteiger charge is 2.19. The van der Waals surface area contributed by atoms with E-state index in [0.717, 1.165) is 32.1 Å². The highest BCUT2D eigenvalue weighted by molar-refractivity contribution is 7.45. The minimum atomic E-state index is -4.52. The van der Waals surface area contributed by atoms with Gasteiger partial charge in [0.1, 0.15) is 19.8 Å². The van der Waals surface area contributed by atoms with Gasteiger partial charge in [-0.15, -0.1) is 0 Å². The van der Waals surface area contributed by atoms with Crippen LogP contribution in [0, 0.1) is 0 Å². The maximum Gasteiger partial charge on any atom is 0.305 e. The van der Waals surface area contributed by atoms with Crippen molar-refractivity contribution in [2.75, 3.05) is 47.5 Å². The third-order valence-corrected chi connectivity index (χ3v) is 9.94. The van der Waals surface area contributed by atoms with Crippen LogP contribution in [0.25, 0.3) is 0 Å². The number of phosphoric ester groups is 1. The number of nitrogens with zero attached hydrogens (tertiary/aromatic N) is 1. The van der Waals surface area contributed by atoms with Gasteiger partial charge in [-0.3, -0.25) is 9.36 Å². The zero-order valence-corrected chi connectivity index (χ0v) is 35.8. The van der Waals surface area contributed by atoms with Gasteiger partial charge in [0.15, 0.2) is 6.10 Å². The first kappa shape index (κ1) is 51.3. The van der Waals surface area contributed by atoms with Gasteiger partial charge in [0.2, 0.25) is 0 Å². The molecule has 2 unspecified atom stereocenters. The second-order valence-corrected chi connectivity index (χ2v) is 16.8. The summed E-state index contributed by atoms with van der Waals surface area (Å²) in [5.41, 5.74) is 0. The van der Waals surface area contributed by atoms with E-state index in [2.05, 4.69) is 50.3 Å². The molecule has 0 saturated heterocycles. The van der Waals surface area contributed by atoms with Gasteiger partial charge in [0, 0.05) is 6.42 Å².